The van der Waals surface area contributed by atoms with Gasteiger partial charge in [0, 0.05) is 18.0 Å². The van der Waals surface area contributed by atoms with Crippen LogP contribution in [0.4, 0.5) is 14.3 Å². The molecule has 0 saturated carbocycles. The summed E-state index contributed by atoms with van der Waals surface area (Å²) in [5.41, 5.74) is 0.519. The van der Waals surface area contributed by atoms with Crippen molar-refractivity contribution in [3.63, 3.8) is 0 Å². The fourth-order valence-corrected chi connectivity index (χ4v) is 3.03. The zero-order valence-corrected chi connectivity index (χ0v) is 13.9. The topological polar surface area (TPSA) is 91.4 Å². The second-order valence-corrected chi connectivity index (χ2v) is 6.38. The highest BCUT2D eigenvalue weighted by atomic mass is 32.1. The Kier molecular flexibility index (Phi) is 5.03. The van der Waals surface area contributed by atoms with E-state index in [0.717, 1.165) is 4.90 Å². The summed E-state index contributed by atoms with van der Waals surface area (Å²) in [5.74, 6) is -1.13. The minimum Gasteiger partial charge on any atom is -0.326 e. The summed E-state index contributed by atoms with van der Waals surface area (Å²) in [6, 6.07) is 4.42. The number of rotatable bonds is 6. The normalized spacial score (nSPS) is 16.8. The van der Waals surface area contributed by atoms with Gasteiger partial charge in [-0.2, -0.15) is 0 Å². The summed E-state index contributed by atoms with van der Waals surface area (Å²) in [6.45, 7) is -0.00968. The molecule has 0 spiro atoms. The molecule has 1 aromatic heterocycles. The number of thiazole rings is 1. The summed E-state index contributed by atoms with van der Waals surface area (Å²) in [6.07, 6.45) is 1.83. The summed E-state index contributed by atoms with van der Waals surface area (Å²) < 4.78 is 13.2. The van der Waals surface area contributed by atoms with Crippen molar-refractivity contribution in [2.45, 2.75) is 25.4 Å². The lowest BCUT2D eigenvalue weighted by Gasteiger charge is -2.13. The van der Waals surface area contributed by atoms with Crippen LogP contribution in [0, 0.1) is 5.82 Å². The minimum absolute atomic E-state index is 0.00968. The number of urea groups is 1. The number of benzene rings is 1. The average molecular weight is 362 g/mol. The van der Waals surface area contributed by atoms with Crippen LogP contribution in [-0.2, 0) is 16.1 Å². The highest BCUT2D eigenvalue weighted by molar-refractivity contribution is 7.13. The first kappa shape index (κ1) is 17.0. The first-order valence-electron chi connectivity index (χ1n) is 7.58. The molecule has 1 fully saturated rings. The van der Waals surface area contributed by atoms with Crippen LogP contribution in [0.25, 0.3) is 0 Å². The first-order valence-corrected chi connectivity index (χ1v) is 8.46. The van der Waals surface area contributed by atoms with Gasteiger partial charge in [0.15, 0.2) is 5.13 Å². The Morgan fingerprint density at radius 1 is 1.40 bits per heavy atom. The molecule has 2 heterocycles. The Balaban J connectivity index is 1.54. The molecule has 25 heavy (non-hydrogen) atoms. The number of nitrogens with one attached hydrogen (secondary N) is 2. The average Bonchev–Trinajstić information content (AvgIpc) is 3.16. The molecule has 0 aliphatic carbocycles. The molecule has 0 bridgehead atoms. The van der Waals surface area contributed by atoms with Crippen LogP contribution < -0.4 is 10.6 Å². The van der Waals surface area contributed by atoms with Gasteiger partial charge in [0.2, 0.25) is 5.91 Å². The number of aromatic nitrogens is 1. The van der Waals surface area contributed by atoms with Crippen molar-refractivity contribution in [3.05, 3.63) is 47.2 Å². The largest absolute Gasteiger partial charge is 0.326 e. The maximum Gasteiger partial charge on any atom is 0.325 e. The van der Waals surface area contributed by atoms with Gasteiger partial charge in [-0.25, -0.2) is 14.2 Å². The van der Waals surface area contributed by atoms with Gasteiger partial charge in [-0.05, 0) is 24.1 Å². The number of hydrogen-bond donors (Lipinski definition) is 2. The van der Waals surface area contributed by atoms with Crippen LogP contribution in [0.5, 0.6) is 0 Å². The van der Waals surface area contributed by atoms with E-state index in [1.807, 2.05) is 0 Å². The van der Waals surface area contributed by atoms with Crippen LogP contribution in [0.2, 0.25) is 0 Å². The second-order valence-electron chi connectivity index (χ2n) is 5.48. The quantitative estimate of drug-likeness (QED) is 0.770. The Bertz CT molecular complexity index is 796. The molecule has 1 saturated heterocycles. The van der Waals surface area contributed by atoms with Crippen molar-refractivity contribution in [2.24, 2.45) is 0 Å². The fraction of sp³-hybridized carbons (Fsp3) is 0.250. The zero-order valence-electron chi connectivity index (χ0n) is 13.1. The third-order valence-corrected chi connectivity index (χ3v) is 4.36. The standard InChI is InChI=1S/C16H15FN4O3S/c17-11-3-1-2-10(8-11)9-21-14(23)12(19-16(21)24)4-5-13(22)20-15-18-6-7-25-15/h1-3,6-8,12H,4-5,9H2,(H,19,24)(H,18,20,22)/t12-/m1/s1. The zero-order chi connectivity index (χ0) is 17.8. The molecule has 3 rings (SSSR count). The molecule has 2 aromatic rings. The van der Waals surface area contributed by atoms with Crippen molar-refractivity contribution in [2.75, 3.05) is 5.32 Å². The molecular formula is C16H15FN4O3S. The first-order chi connectivity index (χ1) is 12.0. The molecule has 1 atom stereocenters. The predicted molar refractivity (Wildman–Crippen MR) is 89.2 cm³/mol. The number of amides is 4. The molecular weight excluding hydrogens is 347 g/mol. The number of carbonyl (C=O) groups is 3. The van der Waals surface area contributed by atoms with Crippen molar-refractivity contribution in [1.29, 1.82) is 0 Å². The van der Waals surface area contributed by atoms with E-state index in [-0.39, 0.29) is 25.3 Å². The summed E-state index contributed by atoms with van der Waals surface area (Å²) in [4.78, 5) is 41.1. The smallest absolute Gasteiger partial charge is 0.325 e. The van der Waals surface area contributed by atoms with Gasteiger partial charge >= 0.3 is 6.03 Å². The van der Waals surface area contributed by atoms with E-state index < -0.39 is 23.8 Å². The van der Waals surface area contributed by atoms with E-state index in [9.17, 15) is 18.8 Å². The molecule has 0 radical (unpaired) electrons. The number of hydrogen-bond acceptors (Lipinski definition) is 5. The molecule has 130 valence electrons. The van der Waals surface area contributed by atoms with E-state index in [4.69, 9.17) is 0 Å². The lowest BCUT2D eigenvalue weighted by Crippen LogP contribution is -2.31. The highest BCUT2D eigenvalue weighted by Gasteiger charge is 2.37. The molecule has 1 aromatic carbocycles. The minimum atomic E-state index is -0.761. The van der Waals surface area contributed by atoms with Crippen LogP contribution in [-0.4, -0.2) is 33.8 Å². The number of imide groups is 1. The Morgan fingerprint density at radius 3 is 2.96 bits per heavy atom. The Hall–Kier alpha value is -2.81. The number of anilines is 1. The summed E-state index contributed by atoms with van der Waals surface area (Å²) >= 11 is 1.29. The van der Waals surface area contributed by atoms with E-state index >= 15 is 0 Å². The van der Waals surface area contributed by atoms with Gasteiger partial charge in [-0.1, -0.05) is 12.1 Å². The summed E-state index contributed by atoms with van der Waals surface area (Å²) in [5, 5.41) is 7.39. The third kappa shape index (κ3) is 4.18. The number of carbonyl (C=O) groups excluding carboxylic acids is 3. The van der Waals surface area contributed by atoms with E-state index in [0.29, 0.717) is 10.7 Å². The molecule has 1 aliphatic heterocycles. The molecule has 2 N–H and O–H groups in total. The highest BCUT2D eigenvalue weighted by Crippen LogP contribution is 2.17. The van der Waals surface area contributed by atoms with Gasteiger partial charge in [0.25, 0.3) is 5.91 Å². The van der Waals surface area contributed by atoms with E-state index in [2.05, 4.69) is 15.6 Å². The van der Waals surface area contributed by atoms with Crippen LogP contribution >= 0.6 is 11.3 Å². The monoisotopic (exact) mass is 362 g/mol. The van der Waals surface area contributed by atoms with Crippen molar-refractivity contribution >= 4 is 34.3 Å². The lowest BCUT2D eigenvalue weighted by atomic mass is 10.1. The fourth-order valence-electron chi connectivity index (χ4n) is 2.48. The van der Waals surface area contributed by atoms with Crippen molar-refractivity contribution < 1.29 is 18.8 Å². The lowest BCUT2D eigenvalue weighted by molar-refractivity contribution is -0.128. The molecule has 7 nitrogen and oxygen atoms in total. The van der Waals surface area contributed by atoms with Gasteiger partial charge in [0.05, 0.1) is 6.54 Å². The van der Waals surface area contributed by atoms with Crippen LogP contribution in [0.1, 0.15) is 18.4 Å². The van der Waals surface area contributed by atoms with Crippen molar-refractivity contribution in [1.82, 2.24) is 15.2 Å². The second kappa shape index (κ2) is 7.39. The van der Waals surface area contributed by atoms with Crippen molar-refractivity contribution in [3.8, 4) is 0 Å². The van der Waals surface area contributed by atoms with Gasteiger partial charge in [-0.15, -0.1) is 11.3 Å². The third-order valence-electron chi connectivity index (χ3n) is 3.68. The Labute approximate surface area is 146 Å². The SMILES string of the molecule is O=C(CC[C@H]1NC(=O)N(Cc2cccc(F)c2)C1=O)Nc1nccs1. The number of nitrogens with zero attached hydrogens (tertiary/aromatic N) is 2. The maximum absolute atomic E-state index is 13.2. The molecule has 9 heteroatoms. The van der Waals surface area contributed by atoms with Crippen LogP contribution in [0.15, 0.2) is 35.8 Å². The summed E-state index contributed by atoms with van der Waals surface area (Å²) in [7, 11) is 0. The Morgan fingerprint density at radius 2 is 2.24 bits per heavy atom. The molecule has 0 unspecified atom stereocenters. The molecule has 1 aliphatic rings. The van der Waals surface area contributed by atoms with Gasteiger partial charge < -0.3 is 10.6 Å². The molecule has 4 amide bonds. The predicted octanol–water partition coefficient (Wildman–Crippen LogP) is 2.12. The van der Waals surface area contributed by atoms with E-state index in [1.54, 1.807) is 17.6 Å². The van der Waals surface area contributed by atoms with Gasteiger partial charge in [-0.3, -0.25) is 14.5 Å². The van der Waals surface area contributed by atoms with Gasteiger partial charge in [0.1, 0.15) is 11.9 Å². The van der Waals surface area contributed by atoms with E-state index in [1.165, 1.54) is 29.5 Å². The maximum atomic E-state index is 13.2. The number of halogens is 1. The van der Waals surface area contributed by atoms with Crippen LogP contribution in [0.3, 0.4) is 0 Å².